The molecular formula is C85H96ClN17O6. The molecule has 4 aliphatic rings. The number of fused-ring (bicyclic) bond motifs is 4. The van der Waals surface area contributed by atoms with Crippen LogP contribution >= 0.6 is 11.6 Å². The fraction of sp³-hybridized carbons (Fsp3) is 0.329. The average molecular weight is 1490 g/mol. The number of aromatic hydroxyl groups is 4. The summed E-state index contributed by atoms with van der Waals surface area (Å²) in [5, 5.41) is 82.6. The van der Waals surface area contributed by atoms with E-state index < -0.39 is 0 Å². The predicted octanol–water partition coefficient (Wildman–Crippen LogP) is 13.6. The van der Waals surface area contributed by atoms with Gasteiger partial charge in [-0.1, -0.05) is 95.4 Å². The maximum Gasteiger partial charge on any atom is 0.239 e. The molecular weight excluding hydrogens is 1390 g/mol. The number of phenols is 4. The average Bonchev–Trinajstić information content (AvgIpc) is 1.30. The van der Waals surface area contributed by atoms with Crippen molar-refractivity contribution in [1.29, 1.82) is 0 Å². The molecule has 4 fully saturated rings. The second-order valence-electron chi connectivity index (χ2n) is 28.7. The van der Waals surface area contributed by atoms with Crippen molar-refractivity contribution >= 4 is 84.4 Å². The van der Waals surface area contributed by atoms with Gasteiger partial charge in [-0.15, -0.1) is 0 Å². The number of para-hydroxylation sites is 3. The van der Waals surface area contributed by atoms with E-state index in [2.05, 4.69) is 52.5 Å². The minimum atomic E-state index is -0.226. The third-order valence-corrected chi connectivity index (χ3v) is 20.2. The number of amides is 1. The molecule has 109 heavy (non-hydrogen) atoms. The number of benzene rings is 8. The zero-order valence-electron chi connectivity index (χ0n) is 62.3. The SMILES string of the molecule is Cc1ccc(O)c(-c2nc(NC3CCCCNC3)c3ccccc3n2)c1.Cc1ccc(O)c(-c2nc(NC3CCCNCC3)c3ccccc3n2)c1.Cc1ccc(O)c(-c2nc(N[C@@H]3CN[C@@H](C(=O)N(C)C)C3)c3ccc(CCCO)cc3n2)c1.Oc1ccccc1-c1nc(N[C@H]2CCNC2)c2ccc(Cl)cc2n1. The van der Waals surface area contributed by atoms with Gasteiger partial charge < -0.3 is 73.0 Å². The van der Waals surface area contributed by atoms with Gasteiger partial charge in [0.25, 0.3) is 0 Å². The molecule has 12 aromatic rings. The van der Waals surface area contributed by atoms with Gasteiger partial charge in [-0.3, -0.25) is 4.79 Å². The lowest BCUT2D eigenvalue weighted by atomic mass is 10.1. The van der Waals surface area contributed by atoms with E-state index in [4.69, 9.17) is 41.5 Å². The Bertz CT molecular complexity index is 5010. The number of hydrogen-bond acceptors (Lipinski definition) is 22. The summed E-state index contributed by atoms with van der Waals surface area (Å²) < 4.78 is 0. The molecule has 1 amide bonds. The first-order chi connectivity index (χ1) is 53.0. The Kier molecular flexibility index (Phi) is 25.1. The van der Waals surface area contributed by atoms with Crippen molar-refractivity contribution in [3.05, 3.63) is 191 Å². The Hall–Kier alpha value is -10.9. The van der Waals surface area contributed by atoms with E-state index in [1.165, 1.54) is 12.8 Å². The van der Waals surface area contributed by atoms with Crippen LogP contribution in [0.4, 0.5) is 23.3 Å². The summed E-state index contributed by atoms with van der Waals surface area (Å²) in [6.07, 6.45) is 10.0. The molecule has 4 saturated heterocycles. The van der Waals surface area contributed by atoms with Crippen LogP contribution < -0.4 is 42.5 Å². The molecule has 0 bridgehead atoms. The van der Waals surface area contributed by atoms with Crippen LogP contribution in [-0.4, -0.2) is 173 Å². The zero-order chi connectivity index (χ0) is 75.9. The molecule has 4 aliphatic heterocycles. The van der Waals surface area contributed by atoms with Gasteiger partial charge in [0.15, 0.2) is 23.3 Å². The Labute approximate surface area is 639 Å². The molecule has 23 nitrogen and oxygen atoms in total. The van der Waals surface area contributed by atoms with E-state index in [1.54, 1.807) is 49.3 Å². The summed E-state index contributed by atoms with van der Waals surface area (Å²) in [6.45, 7) is 12.8. The minimum Gasteiger partial charge on any atom is -0.507 e. The molecule has 13 N–H and O–H groups in total. The number of halogens is 1. The van der Waals surface area contributed by atoms with Crippen LogP contribution in [0.25, 0.3) is 89.2 Å². The lowest BCUT2D eigenvalue weighted by Crippen LogP contribution is -2.39. The minimum absolute atomic E-state index is 0.0324. The molecule has 2 unspecified atom stereocenters. The highest BCUT2D eigenvalue weighted by molar-refractivity contribution is 6.31. The highest BCUT2D eigenvalue weighted by Gasteiger charge is 2.32. The molecule has 8 aromatic carbocycles. The highest BCUT2D eigenvalue weighted by Crippen LogP contribution is 2.37. The molecule has 24 heteroatoms. The lowest BCUT2D eigenvalue weighted by Gasteiger charge is -2.19. The highest BCUT2D eigenvalue weighted by atomic mass is 35.5. The summed E-state index contributed by atoms with van der Waals surface area (Å²) in [7, 11) is 3.52. The van der Waals surface area contributed by atoms with Gasteiger partial charge in [0.2, 0.25) is 5.91 Å². The van der Waals surface area contributed by atoms with Crippen molar-refractivity contribution in [1.82, 2.24) is 66.0 Å². The molecule has 564 valence electrons. The van der Waals surface area contributed by atoms with Crippen molar-refractivity contribution in [3.63, 3.8) is 0 Å². The maximum absolute atomic E-state index is 12.4. The van der Waals surface area contributed by atoms with Gasteiger partial charge in [0, 0.05) is 91.1 Å². The van der Waals surface area contributed by atoms with Crippen molar-refractivity contribution < 1.29 is 30.3 Å². The fourth-order valence-corrected chi connectivity index (χ4v) is 14.3. The van der Waals surface area contributed by atoms with Crippen LogP contribution in [0, 0.1) is 20.8 Å². The van der Waals surface area contributed by atoms with E-state index in [0.29, 0.717) is 93.9 Å². The number of likely N-dealkylation sites (N-methyl/N-ethyl adjacent to an activating group) is 1. The van der Waals surface area contributed by atoms with Crippen molar-refractivity contribution in [2.75, 3.05) is 87.8 Å². The molecule has 4 aromatic heterocycles. The first kappa shape index (κ1) is 76.3. The quantitative estimate of drug-likeness (QED) is 0.0427. The fourth-order valence-electron chi connectivity index (χ4n) is 14.1. The van der Waals surface area contributed by atoms with Crippen LogP contribution in [0.3, 0.4) is 0 Å². The zero-order valence-corrected chi connectivity index (χ0v) is 63.0. The van der Waals surface area contributed by atoms with E-state index in [9.17, 15) is 30.3 Å². The molecule has 16 rings (SSSR count). The number of nitrogens with one attached hydrogen (secondary N) is 8. The first-order valence-electron chi connectivity index (χ1n) is 37.7. The number of hydrogen-bond donors (Lipinski definition) is 13. The van der Waals surface area contributed by atoms with Crippen LogP contribution in [0.1, 0.15) is 80.0 Å². The number of nitrogens with zero attached hydrogens (tertiary/aromatic N) is 9. The second-order valence-corrected chi connectivity index (χ2v) is 29.1. The van der Waals surface area contributed by atoms with Gasteiger partial charge >= 0.3 is 0 Å². The third-order valence-electron chi connectivity index (χ3n) is 20.0. The number of aliphatic hydroxyl groups is 1. The summed E-state index contributed by atoms with van der Waals surface area (Å²) in [5.41, 5.74) is 10.0. The molecule has 0 saturated carbocycles. The molecule has 5 atom stereocenters. The van der Waals surface area contributed by atoms with Crippen LogP contribution in [0.2, 0.25) is 5.02 Å². The summed E-state index contributed by atoms with van der Waals surface area (Å²) >= 11 is 6.13. The third kappa shape index (κ3) is 19.3. The van der Waals surface area contributed by atoms with E-state index in [-0.39, 0.29) is 47.6 Å². The van der Waals surface area contributed by atoms with Crippen molar-refractivity contribution in [3.8, 4) is 68.5 Å². The van der Waals surface area contributed by atoms with Gasteiger partial charge in [-0.05, 0) is 213 Å². The first-order valence-corrected chi connectivity index (χ1v) is 38.1. The summed E-state index contributed by atoms with van der Waals surface area (Å²) in [5.74, 6) is 5.90. The Morgan fingerprint density at radius 1 is 0.440 bits per heavy atom. The van der Waals surface area contributed by atoms with E-state index in [1.807, 2.05) is 154 Å². The lowest BCUT2D eigenvalue weighted by molar-refractivity contribution is -0.130. The predicted molar refractivity (Wildman–Crippen MR) is 437 cm³/mol. The maximum atomic E-state index is 12.4. The largest absolute Gasteiger partial charge is 0.507 e. The number of carbonyl (C=O) groups excluding carboxylic acids is 1. The van der Waals surface area contributed by atoms with Gasteiger partial charge in [-0.2, -0.15) is 0 Å². The number of aryl methyl sites for hydroxylation is 4. The van der Waals surface area contributed by atoms with Crippen molar-refractivity contribution in [2.45, 2.75) is 115 Å². The number of carbonyl (C=O) groups is 1. The van der Waals surface area contributed by atoms with Gasteiger partial charge in [0.1, 0.15) is 46.3 Å². The molecule has 8 heterocycles. The smallest absolute Gasteiger partial charge is 0.239 e. The van der Waals surface area contributed by atoms with Gasteiger partial charge in [-0.25, -0.2) is 39.9 Å². The normalized spacial score (nSPS) is 17.7. The monoisotopic (exact) mass is 1490 g/mol. The van der Waals surface area contributed by atoms with Crippen LogP contribution in [0.15, 0.2) is 164 Å². The number of anilines is 4. The molecule has 0 spiro atoms. The number of aromatic nitrogens is 8. The van der Waals surface area contributed by atoms with E-state index in [0.717, 1.165) is 161 Å². The molecule has 0 aliphatic carbocycles. The summed E-state index contributed by atoms with van der Waals surface area (Å²) in [4.78, 5) is 51.7. The van der Waals surface area contributed by atoms with Crippen LogP contribution in [-0.2, 0) is 11.2 Å². The topological polar surface area (TPSA) is 321 Å². The Morgan fingerprint density at radius 2 is 0.890 bits per heavy atom. The molecule has 0 radical (unpaired) electrons. The van der Waals surface area contributed by atoms with E-state index >= 15 is 0 Å². The number of aliphatic hydroxyl groups excluding tert-OH is 1. The van der Waals surface area contributed by atoms with Gasteiger partial charge in [0.05, 0.1) is 50.4 Å². The van der Waals surface area contributed by atoms with Crippen molar-refractivity contribution in [2.24, 2.45) is 0 Å². The summed E-state index contributed by atoms with van der Waals surface area (Å²) in [6, 6.07) is 52.0. The Balaban J connectivity index is 0.000000129. The second kappa shape index (κ2) is 35.9. The number of phenolic OH excluding ortho intramolecular Hbond substituents is 4. The standard InChI is InChI=1S/C25H31N5O3.2C21H24N4O.C18H17ClN4O/c1-15-6-9-22(32)19(11-15)24-28-20-12-16(5-4-10-31)7-8-18(20)23(29-24)27-17-13-21(26-14-17)25(33)30(2)3;1-14-9-10-19(26)17(12-14)21-24-18-8-3-2-7-16(18)20(25-21)23-15-6-4-5-11-22-13-15;1-14-8-9-19(26)17(13-14)21-24-18-7-3-2-6-16(18)20(25-21)23-15-5-4-11-22-12-10-15;19-11-5-6-13-15(9-11)22-18(14-3-1-2-4-16(14)24)23-17(13)21-12-7-8-20-10-12/h6-9,11-12,17,21,26,31-32H,4-5,10,13-14H2,1-3H3,(H,27,28,29);2-3,7-10,12,15,22,26H,4-6,11,13H2,1H3,(H,23,24,25);2-3,6-9,13,15,22,26H,4-5,10-12H2,1H3,(H,23,24,25);1-6,9,12,20,24H,7-8,10H2,(H,21,22,23)/t17-,21+;;;12-/m0..0/s1. The van der Waals surface area contributed by atoms with Crippen LogP contribution in [0.5, 0.6) is 23.0 Å². The Morgan fingerprint density at radius 3 is 1.46 bits per heavy atom. The number of rotatable bonds is 16.